The molecule has 3 rings (SSSR count). The minimum Gasteiger partial charge on any atom is -0.450 e. The van der Waals surface area contributed by atoms with Crippen molar-refractivity contribution in [2.75, 3.05) is 13.1 Å². The van der Waals surface area contributed by atoms with Gasteiger partial charge in [0, 0.05) is 12.8 Å². The molecule has 1 aliphatic rings. The summed E-state index contributed by atoms with van der Waals surface area (Å²) in [7, 11) is 0. The van der Waals surface area contributed by atoms with E-state index >= 15 is 0 Å². The molecule has 2 aromatic rings. The zero-order chi connectivity index (χ0) is 20.4. The molecule has 0 unspecified atom stereocenters. The van der Waals surface area contributed by atoms with Gasteiger partial charge in [0.25, 0.3) is 0 Å². The van der Waals surface area contributed by atoms with Gasteiger partial charge >= 0.3 is 5.97 Å². The number of benzene rings is 2. The molecule has 0 saturated carbocycles. The van der Waals surface area contributed by atoms with E-state index in [1.165, 1.54) is 44.1 Å². The predicted molar refractivity (Wildman–Crippen MR) is 119 cm³/mol. The standard InChI is InChI=1S/C26H35NO2/c1-2-3-4-5-6-8-11-22-14-16-23(17-15-22)25(28)29-26(18-20-27-21-19-26)24-12-9-7-10-13-24/h7,9-10,12-17,27H,2-6,8,11,18-21H2,1H3. The van der Waals surface area contributed by atoms with Crippen LogP contribution in [0.3, 0.4) is 0 Å². The number of carbonyl (C=O) groups is 1. The van der Waals surface area contributed by atoms with Gasteiger partial charge in [0.15, 0.2) is 0 Å². The molecule has 0 atom stereocenters. The number of esters is 1. The first kappa shape index (κ1) is 21.6. The number of piperidine rings is 1. The summed E-state index contributed by atoms with van der Waals surface area (Å²) in [5, 5.41) is 3.37. The van der Waals surface area contributed by atoms with Crippen LogP contribution in [0.15, 0.2) is 54.6 Å². The molecule has 1 saturated heterocycles. The van der Waals surface area contributed by atoms with Crippen LogP contribution in [-0.4, -0.2) is 19.1 Å². The smallest absolute Gasteiger partial charge is 0.339 e. The molecule has 1 N–H and O–H groups in total. The summed E-state index contributed by atoms with van der Waals surface area (Å²) in [6, 6.07) is 18.2. The van der Waals surface area contributed by atoms with Crippen LogP contribution in [0.2, 0.25) is 0 Å². The van der Waals surface area contributed by atoms with Crippen LogP contribution in [0.25, 0.3) is 0 Å². The second kappa shape index (κ2) is 11.2. The lowest BCUT2D eigenvalue weighted by Gasteiger charge is -2.37. The van der Waals surface area contributed by atoms with E-state index in [1.807, 2.05) is 30.3 Å². The van der Waals surface area contributed by atoms with Gasteiger partial charge < -0.3 is 10.1 Å². The molecular weight excluding hydrogens is 358 g/mol. The molecule has 1 heterocycles. The van der Waals surface area contributed by atoms with Crippen molar-refractivity contribution in [3.8, 4) is 0 Å². The molecular formula is C26H35NO2. The largest absolute Gasteiger partial charge is 0.450 e. The average molecular weight is 394 g/mol. The van der Waals surface area contributed by atoms with E-state index in [1.54, 1.807) is 0 Å². The number of carbonyl (C=O) groups excluding carboxylic acids is 1. The molecule has 0 amide bonds. The van der Waals surface area contributed by atoms with Crippen molar-refractivity contribution in [3.05, 3.63) is 71.3 Å². The van der Waals surface area contributed by atoms with E-state index in [0.29, 0.717) is 5.56 Å². The Balaban J connectivity index is 1.58. The van der Waals surface area contributed by atoms with Gasteiger partial charge in [-0.3, -0.25) is 0 Å². The van der Waals surface area contributed by atoms with E-state index in [9.17, 15) is 4.79 Å². The van der Waals surface area contributed by atoms with E-state index in [2.05, 4.69) is 36.5 Å². The molecule has 0 aliphatic carbocycles. The van der Waals surface area contributed by atoms with Crippen LogP contribution in [0.4, 0.5) is 0 Å². The fraction of sp³-hybridized carbons (Fsp3) is 0.500. The zero-order valence-electron chi connectivity index (χ0n) is 17.8. The Morgan fingerprint density at radius 1 is 0.897 bits per heavy atom. The van der Waals surface area contributed by atoms with Crippen molar-refractivity contribution in [1.82, 2.24) is 5.32 Å². The summed E-state index contributed by atoms with van der Waals surface area (Å²) in [5.41, 5.74) is 2.51. The van der Waals surface area contributed by atoms with E-state index in [4.69, 9.17) is 4.74 Å². The summed E-state index contributed by atoms with van der Waals surface area (Å²) >= 11 is 0. The number of ether oxygens (including phenoxy) is 1. The fourth-order valence-corrected chi connectivity index (χ4v) is 4.18. The van der Waals surface area contributed by atoms with Gasteiger partial charge in [-0.1, -0.05) is 81.5 Å². The third-order valence-electron chi connectivity index (χ3n) is 6.01. The second-order valence-electron chi connectivity index (χ2n) is 8.21. The lowest BCUT2D eigenvalue weighted by Crippen LogP contribution is -2.43. The maximum Gasteiger partial charge on any atom is 0.339 e. The first-order chi connectivity index (χ1) is 14.2. The molecule has 1 fully saturated rings. The highest BCUT2D eigenvalue weighted by molar-refractivity contribution is 5.89. The summed E-state index contributed by atoms with van der Waals surface area (Å²) < 4.78 is 6.15. The van der Waals surface area contributed by atoms with Gasteiger partial charge in [-0.05, 0) is 49.2 Å². The van der Waals surface area contributed by atoms with E-state index in [0.717, 1.165) is 37.9 Å². The van der Waals surface area contributed by atoms with Crippen molar-refractivity contribution in [3.63, 3.8) is 0 Å². The van der Waals surface area contributed by atoms with Gasteiger partial charge in [0.05, 0.1) is 5.56 Å². The maximum absolute atomic E-state index is 12.9. The summed E-state index contributed by atoms with van der Waals surface area (Å²) in [6.45, 7) is 3.97. The van der Waals surface area contributed by atoms with Crippen molar-refractivity contribution >= 4 is 5.97 Å². The third kappa shape index (κ3) is 6.17. The van der Waals surface area contributed by atoms with Crippen LogP contribution in [0.5, 0.6) is 0 Å². The van der Waals surface area contributed by atoms with Crippen molar-refractivity contribution in [2.45, 2.75) is 70.3 Å². The highest BCUT2D eigenvalue weighted by Gasteiger charge is 2.38. The summed E-state index contributed by atoms with van der Waals surface area (Å²) in [6.07, 6.45) is 10.5. The number of rotatable bonds is 10. The minimum atomic E-state index is -0.527. The molecule has 156 valence electrons. The van der Waals surface area contributed by atoms with Crippen LogP contribution >= 0.6 is 0 Å². The summed E-state index contributed by atoms with van der Waals surface area (Å²) in [5.74, 6) is -0.220. The first-order valence-electron chi connectivity index (χ1n) is 11.3. The number of unbranched alkanes of at least 4 members (excludes halogenated alkanes) is 5. The number of nitrogens with one attached hydrogen (secondary N) is 1. The molecule has 3 heteroatoms. The molecule has 0 spiro atoms. The van der Waals surface area contributed by atoms with Gasteiger partial charge in [-0.2, -0.15) is 0 Å². The van der Waals surface area contributed by atoms with Crippen molar-refractivity contribution in [2.24, 2.45) is 0 Å². The number of aryl methyl sites for hydroxylation is 1. The Morgan fingerprint density at radius 2 is 1.55 bits per heavy atom. The quantitative estimate of drug-likeness (QED) is 0.396. The Bertz CT molecular complexity index is 733. The van der Waals surface area contributed by atoms with Crippen LogP contribution in [-0.2, 0) is 16.8 Å². The highest BCUT2D eigenvalue weighted by Crippen LogP contribution is 2.35. The molecule has 0 radical (unpaired) electrons. The average Bonchev–Trinajstić information content (AvgIpc) is 2.78. The lowest BCUT2D eigenvalue weighted by molar-refractivity contribution is -0.0378. The number of hydrogen-bond acceptors (Lipinski definition) is 3. The number of hydrogen-bond donors (Lipinski definition) is 1. The molecule has 29 heavy (non-hydrogen) atoms. The molecule has 0 aromatic heterocycles. The highest BCUT2D eigenvalue weighted by atomic mass is 16.6. The van der Waals surface area contributed by atoms with Gasteiger partial charge in [-0.15, -0.1) is 0 Å². The molecule has 0 bridgehead atoms. The monoisotopic (exact) mass is 393 g/mol. The van der Waals surface area contributed by atoms with Crippen LogP contribution < -0.4 is 5.32 Å². The Labute approximate surface area is 175 Å². The SMILES string of the molecule is CCCCCCCCc1ccc(C(=O)OC2(c3ccccc3)CCNCC2)cc1. The van der Waals surface area contributed by atoms with Gasteiger partial charge in [-0.25, -0.2) is 4.79 Å². The van der Waals surface area contributed by atoms with Crippen molar-refractivity contribution < 1.29 is 9.53 Å². The van der Waals surface area contributed by atoms with E-state index < -0.39 is 5.60 Å². The maximum atomic E-state index is 12.9. The second-order valence-corrected chi connectivity index (χ2v) is 8.21. The predicted octanol–water partition coefficient (Wildman–Crippen LogP) is 6.03. The Kier molecular flexibility index (Phi) is 8.30. The molecule has 2 aromatic carbocycles. The van der Waals surface area contributed by atoms with Crippen LogP contribution in [0.1, 0.15) is 79.8 Å². The lowest BCUT2D eigenvalue weighted by atomic mass is 9.84. The van der Waals surface area contributed by atoms with Gasteiger partial charge in [0.2, 0.25) is 0 Å². The first-order valence-corrected chi connectivity index (χ1v) is 11.3. The Morgan fingerprint density at radius 3 is 2.24 bits per heavy atom. The van der Waals surface area contributed by atoms with E-state index in [-0.39, 0.29) is 5.97 Å². The molecule has 1 aliphatic heterocycles. The fourth-order valence-electron chi connectivity index (χ4n) is 4.18. The minimum absolute atomic E-state index is 0.220. The summed E-state index contributed by atoms with van der Waals surface area (Å²) in [4.78, 5) is 12.9. The van der Waals surface area contributed by atoms with Gasteiger partial charge in [0.1, 0.15) is 5.60 Å². The van der Waals surface area contributed by atoms with Crippen molar-refractivity contribution in [1.29, 1.82) is 0 Å². The molecule has 3 nitrogen and oxygen atoms in total. The topological polar surface area (TPSA) is 38.3 Å². The normalized spacial score (nSPS) is 15.8. The zero-order valence-corrected chi connectivity index (χ0v) is 17.8. The third-order valence-corrected chi connectivity index (χ3v) is 6.01. The Hall–Kier alpha value is -2.13. The van der Waals surface area contributed by atoms with Crippen LogP contribution in [0, 0.1) is 0 Å².